The summed E-state index contributed by atoms with van der Waals surface area (Å²) in [5.74, 6) is 1.42. The molecule has 35 heavy (non-hydrogen) atoms. The van der Waals surface area contributed by atoms with Gasteiger partial charge in [-0.3, -0.25) is 10.00 Å². The predicted octanol–water partition coefficient (Wildman–Crippen LogP) is 3.17. The summed E-state index contributed by atoms with van der Waals surface area (Å²) in [6, 6.07) is 6.61. The Morgan fingerprint density at radius 3 is 2.43 bits per heavy atom. The molecule has 0 saturated carbocycles. The lowest BCUT2D eigenvalue weighted by Gasteiger charge is -2.40. The van der Waals surface area contributed by atoms with Gasteiger partial charge in [0.15, 0.2) is 0 Å². The minimum absolute atomic E-state index is 0.0973. The number of aliphatic hydroxyl groups excluding tert-OH is 1. The Morgan fingerprint density at radius 1 is 1.00 bits per heavy atom. The zero-order valence-corrected chi connectivity index (χ0v) is 19.4. The monoisotopic (exact) mass is 487 g/mol. The molecule has 8 nitrogen and oxygen atoms in total. The van der Waals surface area contributed by atoms with Crippen molar-refractivity contribution in [3.05, 3.63) is 54.0 Å². The van der Waals surface area contributed by atoms with Gasteiger partial charge in [-0.1, -0.05) is 0 Å². The third-order valence-electron chi connectivity index (χ3n) is 6.72. The molecular formula is C24H28F3N7O. The van der Waals surface area contributed by atoms with Crippen LogP contribution >= 0.6 is 0 Å². The average molecular weight is 488 g/mol. The molecule has 2 atom stereocenters. The fourth-order valence-electron chi connectivity index (χ4n) is 4.83. The average Bonchev–Trinajstić information content (AvgIpc) is 3.48. The van der Waals surface area contributed by atoms with Crippen LogP contribution in [0, 0.1) is 0 Å². The van der Waals surface area contributed by atoms with Crippen LogP contribution in [0.1, 0.15) is 24.5 Å². The Morgan fingerprint density at radius 2 is 1.80 bits per heavy atom. The van der Waals surface area contributed by atoms with Gasteiger partial charge in [0.05, 0.1) is 23.6 Å². The largest absolute Gasteiger partial charge is 0.417 e. The SMILES string of the molecule is C[C@@H]1CN(Cc2cn[nH]c2-c2ccc(N3CCC(O)C3)nc2)CCN1c1ccc(C(F)(F)F)cn1. The Hall–Kier alpha value is -3.18. The topological polar surface area (TPSA) is 84.4 Å². The summed E-state index contributed by atoms with van der Waals surface area (Å²) in [4.78, 5) is 15.1. The maximum atomic E-state index is 12.8. The van der Waals surface area contributed by atoms with Crippen molar-refractivity contribution in [2.24, 2.45) is 0 Å². The first-order valence-electron chi connectivity index (χ1n) is 11.7. The second-order valence-corrected chi connectivity index (χ2v) is 9.24. The number of halogens is 3. The quantitative estimate of drug-likeness (QED) is 0.572. The molecule has 0 spiro atoms. The first kappa shape index (κ1) is 23.6. The van der Waals surface area contributed by atoms with E-state index in [2.05, 4.69) is 36.9 Å². The molecular weight excluding hydrogens is 459 g/mol. The van der Waals surface area contributed by atoms with Gasteiger partial charge in [-0.05, 0) is 37.6 Å². The number of hydrogen-bond acceptors (Lipinski definition) is 7. The normalized spacial score (nSPS) is 21.6. The summed E-state index contributed by atoms with van der Waals surface area (Å²) in [6.07, 6.45) is 0.632. The van der Waals surface area contributed by atoms with E-state index in [-0.39, 0.29) is 12.1 Å². The van der Waals surface area contributed by atoms with E-state index < -0.39 is 11.7 Å². The molecule has 2 saturated heterocycles. The number of piperazine rings is 1. The Balaban J connectivity index is 1.22. The number of rotatable bonds is 5. The highest BCUT2D eigenvalue weighted by Crippen LogP contribution is 2.30. The number of hydrogen-bond donors (Lipinski definition) is 2. The third kappa shape index (κ3) is 5.10. The number of anilines is 2. The summed E-state index contributed by atoms with van der Waals surface area (Å²) in [5.41, 5.74) is 2.19. The smallest absolute Gasteiger partial charge is 0.391 e. The van der Waals surface area contributed by atoms with Crippen molar-refractivity contribution in [2.45, 2.75) is 38.2 Å². The molecule has 3 aromatic rings. The van der Waals surface area contributed by atoms with Crippen molar-refractivity contribution < 1.29 is 18.3 Å². The maximum absolute atomic E-state index is 12.8. The number of aliphatic hydroxyl groups is 1. The zero-order chi connectivity index (χ0) is 24.6. The highest BCUT2D eigenvalue weighted by Gasteiger charge is 2.32. The van der Waals surface area contributed by atoms with Gasteiger partial charge in [-0.2, -0.15) is 18.3 Å². The molecule has 0 aromatic carbocycles. The van der Waals surface area contributed by atoms with Gasteiger partial charge >= 0.3 is 6.18 Å². The Kier molecular flexibility index (Phi) is 6.37. The number of aromatic amines is 1. The van der Waals surface area contributed by atoms with Gasteiger partial charge in [0.2, 0.25) is 0 Å². The van der Waals surface area contributed by atoms with Gasteiger partial charge in [-0.25, -0.2) is 9.97 Å². The first-order chi connectivity index (χ1) is 16.8. The van der Waals surface area contributed by atoms with Crippen LogP contribution in [0.3, 0.4) is 0 Å². The van der Waals surface area contributed by atoms with Gasteiger partial charge in [0.1, 0.15) is 11.6 Å². The predicted molar refractivity (Wildman–Crippen MR) is 126 cm³/mol. The maximum Gasteiger partial charge on any atom is 0.417 e. The summed E-state index contributed by atoms with van der Waals surface area (Å²) < 4.78 is 38.5. The summed E-state index contributed by atoms with van der Waals surface area (Å²) in [7, 11) is 0. The van der Waals surface area contributed by atoms with Crippen molar-refractivity contribution in [1.29, 1.82) is 0 Å². The van der Waals surface area contributed by atoms with Crippen LogP contribution in [0.25, 0.3) is 11.3 Å². The van der Waals surface area contributed by atoms with Crippen molar-refractivity contribution in [3.8, 4) is 11.3 Å². The summed E-state index contributed by atoms with van der Waals surface area (Å²) in [6.45, 7) is 6.34. The van der Waals surface area contributed by atoms with Crippen LogP contribution < -0.4 is 9.80 Å². The fraction of sp³-hybridized carbons (Fsp3) is 0.458. The molecule has 2 N–H and O–H groups in total. The molecule has 11 heteroatoms. The zero-order valence-electron chi connectivity index (χ0n) is 19.4. The van der Waals surface area contributed by atoms with Crippen LogP contribution in [0.4, 0.5) is 24.8 Å². The molecule has 0 radical (unpaired) electrons. The van der Waals surface area contributed by atoms with Gasteiger partial charge < -0.3 is 14.9 Å². The molecule has 186 valence electrons. The van der Waals surface area contributed by atoms with E-state index in [1.54, 1.807) is 0 Å². The standard InChI is InChI=1S/C24H28F3N7O/c1-16-13-32(8-9-34(16)22-5-3-19(12-29-22)24(25,26)27)14-18-11-30-31-23(18)17-2-4-21(28-10-17)33-7-6-20(35)15-33/h2-5,10-12,16,20,35H,6-9,13-15H2,1H3,(H,30,31)/t16-,20?/m1/s1. The van der Waals surface area contributed by atoms with Crippen LogP contribution in [0.2, 0.25) is 0 Å². The lowest BCUT2D eigenvalue weighted by atomic mass is 10.1. The van der Waals surface area contributed by atoms with E-state index in [0.717, 1.165) is 61.0 Å². The van der Waals surface area contributed by atoms with Crippen molar-refractivity contribution in [2.75, 3.05) is 42.5 Å². The fourth-order valence-corrected chi connectivity index (χ4v) is 4.83. The highest BCUT2D eigenvalue weighted by molar-refractivity contribution is 5.63. The van der Waals surface area contributed by atoms with Crippen molar-refractivity contribution >= 4 is 11.6 Å². The highest BCUT2D eigenvalue weighted by atomic mass is 19.4. The number of aromatic nitrogens is 4. The van der Waals surface area contributed by atoms with E-state index >= 15 is 0 Å². The van der Waals surface area contributed by atoms with E-state index in [9.17, 15) is 18.3 Å². The van der Waals surface area contributed by atoms with Crippen LogP contribution in [-0.2, 0) is 12.7 Å². The second kappa shape index (κ2) is 9.46. The number of nitrogens with zero attached hydrogens (tertiary/aromatic N) is 6. The number of alkyl halides is 3. The van der Waals surface area contributed by atoms with Crippen LogP contribution in [0.15, 0.2) is 42.9 Å². The lowest BCUT2D eigenvalue weighted by Crippen LogP contribution is -2.51. The molecule has 2 aliphatic heterocycles. The Labute approximate surface area is 201 Å². The molecule has 2 fully saturated rings. The first-order valence-corrected chi connectivity index (χ1v) is 11.7. The third-order valence-corrected chi connectivity index (χ3v) is 6.72. The summed E-state index contributed by atoms with van der Waals surface area (Å²) >= 11 is 0. The van der Waals surface area contributed by atoms with E-state index in [1.165, 1.54) is 6.07 Å². The molecule has 1 unspecified atom stereocenters. The molecule has 0 amide bonds. The van der Waals surface area contributed by atoms with E-state index in [0.29, 0.717) is 25.5 Å². The summed E-state index contributed by atoms with van der Waals surface area (Å²) in [5, 5.41) is 17.1. The van der Waals surface area contributed by atoms with Gasteiger partial charge in [0.25, 0.3) is 0 Å². The molecule has 5 heterocycles. The molecule has 5 rings (SSSR count). The molecule has 0 aliphatic carbocycles. The van der Waals surface area contributed by atoms with Crippen molar-refractivity contribution in [1.82, 2.24) is 25.1 Å². The van der Waals surface area contributed by atoms with E-state index in [4.69, 9.17) is 0 Å². The van der Waals surface area contributed by atoms with Gasteiger partial charge in [-0.15, -0.1) is 0 Å². The number of H-pyrrole nitrogens is 1. The molecule has 2 aliphatic rings. The van der Waals surface area contributed by atoms with Crippen molar-refractivity contribution in [3.63, 3.8) is 0 Å². The van der Waals surface area contributed by atoms with Crippen LogP contribution in [-0.4, -0.2) is 75.0 Å². The number of β-amino-alcohol motifs (C(OH)–C–C–N with tert-alkyl or cyclic N) is 1. The second-order valence-electron chi connectivity index (χ2n) is 9.24. The molecule has 3 aromatic heterocycles. The van der Waals surface area contributed by atoms with Crippen LogP contribution in [0.5, 0.6) is 0 Å². The molecule has 0 bridgehead atoms. The minimum atomic E-state index is -4.38. The number of pyridine rings is 2. The van der Waals surface area contributed by atoms with Gasteiger partial charge in [0, 0.05) is 68.8 Å². The number of nitrogens with one attached hydrogen (secondary N) is 1. The minimum Gasteiger partial charge on any atom is -0.391 e. The lowest BCUT2D eigenvalue weighted by molar-refractivity contribution is -0.137. The van der Waals surface area contributed by atoms with E-state index in [1.807, 2.05) is 29.4 Å². The Bertz CT molecular complexity index is 1130.